The third-order valence-electron chi connectivity index (χ3n) is 3.11. The fourth-order valence-electron chi connectivity index (χ4n) is 2.32. The lowest BCUT2D eigenvalue weighted by molar-refractivity contribution is 0.462. The van der Waals surface area contributed by atoms with Gasteiger partial charge in [-0.15, -0.1) is 10.2 Å². The van der Waals surface area contributed by atoms with Gasteiger partial charge in [0.15, 0.2) is 9.84 Å². The maximum absolute atomic E-state index is 11.5. The topological polar surface area (TPSA) is 99.0 Å². The molecule has 0 saturated carbocycles. The number of rotatable bonds is 4. The lowest BCUT2D eigenvalue weighted by Gasteiger charge is -2.14. The monoisotopic (exact) mass is 341 g/mol. The van der Waals surface area contributed by atoms with Gasteiger partial charge in [0, 0.05) is 23.1 Å². The van der Waals surface area contributed by atoms with E-state index in [9.17, 15) is 16.8 Å². The van der Waals surface area contributed by atoms with Gasteiger partial charge >= 0.3 is 0 Å². The van der Waals surface area contributed by atoms with Crippen LogP contribution in [-0.4, -0.2) is 43.1 Å². The first-order chi connectivity index (χ1) is 9.10. The second kappa shape index (κ2) is 5.27. The van der Waals surface area contributed by atoms with E-state index >= 15 is 0 Å². The zero-order chi connectivity index (χ0) is 15.1. The van der Waals surface area contributed by atoms with E-state index in [1.54, 1.807) is 0 Å². The molecule has 1 atom stereocenters. The largest absolute Gasteiger partial charge is 0.300 e. The molecule has 1 aliphatic heterocycles. The van der Waals surface area contributed by atoms with Crippen molar-refractivity contribution in [3.05, 3.63) is 5.82 Å². The van der Waals surface area contributed by atoms with Crippen LogP contribution in [0.25, 0.3) is 0 Å². The van der Waals surface area contributed by atoms with Crippen LogP contribution in [0.15, 0.2) is 5.16 Å². The molecule has 10 heteroatoms. The Morgan fingerprint density at radius 2 is 2.05 bits per heavy atom. The fraction of sp³-hybridized carbons (Fsp3) is 0.800. The SMILES string of the molecule is CC(C)Cn1c(C2CCS(=O)(=O)C2)nnc1S(=O)(=O)Cl. The molecule has 2 heterocycles. The minimum atomic E-state index is -4.00. The number of aromatic nitrogens is 3. The summed E-state index contributed by atoms with van der Waals surface area (Å²) >= 11 is 0. The van der Waals surface area contributed by atoms with Crippen LogP contribution in [-0.2, 0) is 25.4 Å². The summed E-state index contributed by atoms with van der Waals surface area (Å²) in [6.45, 7) is 4.21. The summed E-state index contributed by atoms with van der Waals surface area (Å²) in [4.78, 5) is 0. The molecule has 1 saturated heterocycles. The van der Waals surface area contributed by atoms with Crippen molar-refractivity contribution in [2.45, 2.75) is 37.9 Å². The van der Waals surface area contributed by atoms with Crippen LogP contribution in [0.5, 0.6) is 0 Å². The molecule has 20 heavy (non-hydrogen) atoms. The highest BCUT2D eigenvalue weighted by atomic mass is 35.7. The molecule has 114 valence electrons. The van der Waals surface area contributed by atoms with E-state index in [2.05, 4.69) is 10.2 Å². The van der Waals surface area contributed by atoms with Gasteiger partial charge in [-0.2, -0.15) is 0 Å². The predicted octanol–water partition coefficient (Wildman–Crippen LogP) is 0.764. The van der Waals surface area contributed by atoms with E-state index in [0.717, 1.165) is 0 Å². The van der Waals surface area contributed by atoms with E-state index in [1.165, 1.54) is 4.57 Å². The Bertz CT molecular complexity index is 709. The molecule has 0 aromatic carbocycles. The number of sulfone groups is 1. The highest BCUT2D eigenvalue weighted by Gasteiger charge is 2.34. The lowest BCUT2D eigenvalue weighted by atomic mass is 10.1. The molecular formula is C10H16ClN3O4S2. The van der Waals surface area contributed by atoms with Gasteiger partial charge in [-0.05, 0) is 12.3 Å². The zero-order valence-corrected chi connectivity index (χ0v) is 13.5. The standard InChI is InChI=1S/C10H16ClN3O4S2/c1-7(2)5-14-9(8-3-4-19(15,16)6-8)12-13-10(14)20(11,17)18/h7-8H,3-6H2,1-2H3. The van der Waals surface area contributed by atoms with E-state index in [4.69, 9.17) is 10.7 Å². The minimum absolute atomic E-state index is 0.0223. The summed E-state index contributed by atoms with van der Waals surface area (Å²) in [6, 6.07) is 0. The molecular weight excluding hydrogens is 326 g/mol. The molecule has 1 aromatic heterocycles. The summed E-state index contributed by atoms with van der Waals surface area (Å²) in [5.41, 5.74) is 0. The predicted molar refractivity (Wildman–Crippen MR) is 73.9 cm³/mol. The Labute approximate surface area is 122 Å². The van der Waals surface area contributed by atoms with Crippen LogP contribution in [0, 0.1) is 5.92 Å². The summed E-state index contributed by atoms with van der Waals surface area (Å²) < 4.78 is 47.6. The number of hydrogen-bond donors (Lipinski definition) is 0. The van der Waals surface area contributed by atoms with Crippen molar-refractivity contribution < 1.29 is 16.8 Å². The maximum atomic E-state index is 11.5. The molecule has 0 radical (unpaired) electrons. The summed E-state index contributed by atoms with van der Waals surface area (Å²) in [7, 11) is -1.73. The van der Waals surface area contributed by atoms with Gasteiger partial charge in [0.1, 0.15) is 5.82 Å². The highest BCUT2D eigenvalue weighted by molar-refractivity contribution is 8.13. The van der Waals surface area contributed by atoms with Crippen LogP contribution < -0.4 is 0 Å². The van der Waals surface area contributed by atoms with Crippen LogP contribution >= 0.6 is 10.7 Å². The summed E-state index contributed by atoms with van der Waals surface area (Å²) in [6.07, 6.45) is 0.431. The van der Waals surface area contributed by atoms with Crippen molar-refractivity contribution in [3.63, 3.8) is 0 Å². The molecule has 1 unspecified atom stereocenters. The number of hydrogen-bond acceptors (Lipinski definition) is 6. The molecule has 2 rings (SSSR count). The van der Waals surface area contributed by atoms with Gasteiger partial charge in [-0.1, -0.05) is 13.8 Å². The van der Waals surface area contributed by atoms with Crippen LogP contribution in [0.3, 0.4) is 0 Å². The number of halogens is 1. The molecule has 1 fully saturated rings. The van der Waals surface area contributed by atoms with Crippen LogP contribution in [0.1, 0.15) is 32.0 Å². The van der Waals surface area contributed by atoms with Crippen LogP contribution in [0.4, 0.5) is 0 Å². The Balaban J connectivity index is 2.46. The molecule has 1 aromatic rings. The highest BCUT2D eigenvalue weighted by Crippen LogP contribution is 2.29. The summed E-state index contributed by atoms with van der Waals surface area (Å²) in [5.74, 6) is 0.290. The molecule has 0 N–H and O–H groups in total. The fourth-order valence-corrected chi connectivity index (χ4v) is 4.97. The molecule has 7 nitrogen and oxygen atoms in total. The molecule has 0 amide bonds. The zero-order valence-electron chi connectivity index (χ0n) is 11.2. The molecule has 1 aliphatic rings. The van der Waals surface area contributed by atoms with Gasteiger partial charge in [-0.25, -0.2) is 16.8 Å². The van der Waals surface area contributed by atoms with Gasteiger partial charge < -0.3 is 4.57 Å². The van der Waals surface area contributed by atoms with Crippen molar-refractivity contribution in [1.29, 1.82) is 0 Å². The van der Waals surface area contributed by atoms with Crippen molar-refractivity contribution >= 4 is 29.6 Å². The normalized spacial score (nSPS) is 22.5. The second-order valence-corrected chi connectivity index (χ2v) is 10.1. The van der Waals surface area contributed by atoms with Crippen molar-refractivity contribution in [1.82, 2.24) is 14.8 Å². The van der Waals surface area contributed by atoms with Gasteiger partial charge in [-0.3, -0.25) is 0 Å². The smallest absolute Gasteiger partial charge is 0.296 e. The lowest BCUT2D eigenvalue weighted by Crippen LogP contribution is -2.16. The Morgan fingerprint density at radius 1 is 1.40 bits per heavy atom. The Hall–Kier alpha value is -0.670. The van der Waals surface area contributed by atoms with E-state index in [-0.39, 0.29) is 28.5 Å². The maximum Gasteiger partial charge on any atom is 0.296 e. The Kier molecular flexibility index (Phi) is 4.14. The Morgan fingerprint density at radius 3 is 2.50 bits per heavy atom. The summed E-state index contributed by atoms with van der Waals surface area (Å²) in [5, 5.41) is 7.19. The first-order valence-electron chi connectivity index (χ1n) is 6.18. The molecule has 0 bridgehead atoms. The third kappa shape index (κ3) is 3.32. The first-order valence-corrected chi connectivity index (χ1v) is 10.3. The number of nitrogens with zero attached hydrogens (tertiary/aromatic N) is 3. The van der Waals surface area contributed by atoms with Crippen molar-refractivity contribution in [2.75, 3.05) is 11.5 Å². The van der Waals surface area contributed by atoms with Gasteiger partial charge in [0.25, 0.3) is 14.2 Å². The van der Waals surface area contributed by atoms with Crippen molar-refractivity contribution in [3.8, 4) is 0 Å². The van der Waals surface area contributed by atoms with Gasteiger partial charge in [0.2, 0.25) is 0 Å². The average Bonchev–Trinajstić information content (AvgIpc) is 2.80. The minimum Gasteiger partial charge on any atom is -0.300 e. The molecule has 0 spiro atoms. The van der Waals surface area contributed by atoms with Crippen LogP contribution in [0.2, 0.25) is 0 Å². The third-order valence-corrected chi connectivity index (χ3v) is 6.03. The van der Waals surface area contributed by atoms with E-state index in [0.29, 0.717) is 18.8 Å². The van der Waals surface area contributed by atoms with E-state index < -0.39 is 18.9 Å². The van der Waals surface area contributed by atoms with Gasteiger partial charge in [0.05, 0.1) is 11.5 Å². The average molecular weight is 342 g/mol. The second-order valence-electron chi connectivity index (χ2n) is 5.38. The first kappa shape index (κ1) is 15.7. The molecule has 0 aliphatic carbocycles. The quantitative estimate of drug-likeness (QED) is 0.750. The van der Waals surface area contributed by atoms with Crippen molar-refractivity contribution in [2.24, 2.45) is 5.92 Å². The van der Waals surface area contributed by atoms with E-state index in [1.807, 2.05) is 13.8 Å².